The minimum atomic E-state index is -0.0969. The summed E-state index contributed by atoms with van der Waals surface area (Å²) in [6.07, 6.45) is 1.62. The second-order valence-electron chi connectivity index (χ2n) is 7.36. The number of furan rings is 1. The van der Waals surface area contributed by atoms with Crippen LogP contribution in [0.25, 0.3) is 21.5 Å². The van der Waals surface area contributed by atoms with Gasteiger partial charge in [0.25, 0.3) is 5.56 Å². The van der Waals surface area contributed by atoms with E-state index in [4.69, 9.17) is 9.40 Å². The zero-order valence-electron chi connectivity index (χ0n) is 16.0. The molecule has 0 amide bonds. The number of piperazine rings is 1. The molecule has 3 aromatic heterocycles. The number of H-pyrrole nitrogens is 1. The van der Waals surface area contributed by atoms with Gasteiger partial charge in [-0.15, -0.1) is 11.3 Å². The Balaban J connectivity index is 1.26. The second kappa shape index (κ2) is 7.94. The van der Waals surface area contributed by atoms with Crippen molar-refractivity contribution in [3.8, 4) is 11.3 Å². The van der Waals surface area contributed by atoms with Gasteiger partial charge in [-0.1, -0.05) is 30.3 Å². The summed E-state index contributed by atoms with van der Waals surface area (Å²) < 4.78 is 5.46. The van der Waals surface area contributed by atoms with E-state index in [9.17, 15) is 4.79 Å². The molecule has 5 rings (SSSR count). The number of rotatable bonds is 5. The summed E-state index contributed by atoms with van der Waals surface area (Å²) in [5.74, 6) is 1.43. The van der Waals surface area contributed by atoms with E-state index >= 15 is 0 Å². The van der Waals surface area contributed by atoms with Gasteiger partial charge < -0.3 is 9.40 Å². The number of benzene rings is 1. The maximum Gasteiger partial charge on any atom is 0.260 e. The van der Waals surface area contributed by atoms with E-state index in [2.05, 4.69) is 45.1 Å². The van der Waals surface area contributed by atoms with Gasteiger partial charge in [-0.25, -0.2) is 4.98 Å². The zero-order valence-corrected chi connectivity index (χ0v) is 16.8. The molecule has 1 aromatic carbocycles. The number of hydrogen-bond donors (Lipinski definition) is 1. The Labute approximate surface area is 172 Å². The van der Waals surface area contributed by atoms with E-state index in [0.717, 1.165) is 48.9 Å². The third-order valence-corrected chi connectivity index (χ3v) is 6.24. The molecule has 0 spiro atoms. The highest BCUT2D eigenvalue weighted by Crippen LogP contribution is 2.30. The van der Waals surface area contributed by atoms with Crippen molar-refractivity contribution in [1.29, 1.82) is 0 Å². The van der Waals surface area contributed by atoms with Crippen LogP contribution in [0.4, 0.5) is 0 Å². The van der Waals surface area contributed by atoms with Gasteiger partial charge in [0.1, 0.15) is 16.4 Å². The highest BCUT2D eigenvalue weighted by atomic mass is 32.1. The predicted octanol–water partition coefficient (Wildman–Crippen LogP) is 3.56. The normalized spacial score (nSPS) is 15.9. The monoisotopic (exact) mass is 406 g/mol. The molecule has 0 unspecified atom stereocenters. The molecule has 1 aliphatic heterocycles. The molecule has 7 heteroatoms. The van der Waals surface area contributed by atoms with Crippen LogP contribution in [-0.2, 0) is 13.1 Å². The van der Waals surface area contributed by atoms with Gasteiger partial charge in [-0.3, -0.25) is 14.6 Å². The quantitative estimate of drug-likeness (QED) is 0.549. The number of nitrogens with one attached hydrogen (secondary N) is 1. The number of aromatic nitrogens is 2. The van der Waals surface area contributed by atoms with E-state index in [1.54, 1.807) is 6.26 Å². The molecule has 1 aliphatic rings. The van der Waals surface area contributed by atoms with Crippen molar-refractivity contribution >= 4 is 21.6 Å². The Morgan fingerprint density at radius 1 is 1.00 bits per heavy atom. The maximum absolute atomic E-state index is 12.7. The summed E-state index contributed by atoms with van der Waals surface area (Å²) in [5.41, 5.74) is 2.06. The maximum atomic E-state index is 12.7. The SMILES string of the molecule is O=c1[nH]c(CN2CCN(Cc3ccccc3)CC2)nc2scc(-c3ccco3)c12. The summed E-state index contributed by atoms with van der Waals surface area (Å²) in [6.45, 7) is 5.62. The van der Waals surface area contributed by atoms with E-state index in [1.165, 1.54) is 16.9 Å². The van der Waals surface area contributed by atoms with Gasteiger partial charge in [0.05, 0.1) is 18.2 Å². The molecule has 0 atom stereocenters. The fraction of sp³-hybridized carbons (Fsp3) is 0.273. The summed E-state index contributed by atoms with van der Waals surface area (Å²) >= 11 is 1.49. The minimum absolute atomic E-state index is 0.0969. The Morgan fingerprint density at radius 2 is 1.76 bits per heavy atom. The lowest BCUT2D eigenvalue weighted by Crippen LogP contribution is -2.45. The minimum Gasteiger partial charge on any atom is -0.464 e. The Hall–Kier alpha value is -2.74. The van der Waals surface area contributed by atoms with Gasteiger partial charge in [0.15, 0.2) is 0 Å². The van der Waals surface area contributed by atoms with E-state index in [0.29, 0.717) is 17.7 Å². The molecular weight excluding hydrogens is 384 g/mol. The topological polar surface area (TPSA) is 65.4 Å². The van der Waals surface area contributed by atoms with Crippen LogP contribution in [0.15, 0.2) is 63.3 Å². The number of aromatic amines is 1. The van der Waals surface area contributed by atoms with Crippen molar-refractivity contribution in [1.82, 2.24) is 19.8 Å². The molecule has 29 heavy (non-hydrogen) atoms. The molecule has 6 nitrogen and oxygen atoms in total. The van der Waals surface area contributed by atoms with Gasteiger partial charge in [-0.05, 0) is 17.7 Å². The number of fused-ring (bicyclic) bond motifs is 1. The van der Waals surface area contributed by atoms with Crippen molar-refractivity contribution in [2.75, 3.05) is 26.2 Å². The average molecular weight is 407 g/mol. The van der Waals surface area contributed by atoms with Crippen molar-refractivity contribution in [2.45, 2.75) is 13.1 Å². The van der Waals surface area contributed by atoms with Gasteiger partial charge in [-0.2, -0.15) is 0 Å². The average Bonchev–Trinajstić information content (AvgIpc) is 3.40. The fourth-order valence-corrected chi connectivity index (χ4v) is 4.79. The molecule has 4 aromatic rings. The highest BCUT2D eigenvalue weighted by Gasteiger charge is 2.19. The molecule has 1 saturated heterocycles. The summed E-state index contributed by atoms with van der Waals surface area (Å²) in [7, 11) is 0. The van der Waals surface area contributed by atoms with Crippen LogP contribution in [0.3, 0.4) is 0 Å². The second-order valence-corrected chi connectivity index (χ2v) is 8.22. The molecule has 0 saturated carbocycles. The van der Waals surface area contributed by atoms with Crippen molar-refractivity contribution < 1.29 is 4.42 Å². The van der Waals surface area contributed by atoms with Crippen LogP contribution in [0.2, 0.25) is 0 Å². The Kier molecular flexibility index (Phi) is 5.01. The lowest BCUT2D eigenvalue weighted by atomic mass is 10.2. The third-order valence-electron chi connectivity index (χ3n) is 5.37. The van der Waals surface area contributed by atoms with Gasteiger partial charge in [0, 0.05) is 43.7 Å². The van der Waals surface area contributed by atoms with E-state index in [-0.39, 0.29) is 5.56 Å². The van der Waals surface area contributed by atoms with Crippen molar-refractivity contribution in [3.63, 3.8) is 0 Å². The van der Waals surface area contributed by atoms with E-state index < -0.39 is 0 Å². The number of hydrogen-bond acceptors (Lipinski definition) is 6. The van der Waals surface area contributed by atoms with Gasteiger partial charge >= 0.3 is 0 Å². The highest BCUT2D eigenvalue weighted by molar-refractivity contribution is 7.17. The molecular formula is C22H22N4O2S. The molecule has 148 valence electrons. The van der Waals surface area contributed by atoms with Crippen LogP contribution in [0.5, 0.6) is 0 Å². The Morgan fingerprint density at radius 3 is 2.48 bits per heavy atom. The largest absolute Gasteiger partial charge is 0.464 e. The first-order valence-corrected chi connectivity index (χ1v) is 10.7. The molecule has 1 fully saturated rings. The predicted molar refractivity (Wildman–Crippen MR) is 115 cm³/mol. The van der Waals surface area contributed by atoms with Crippen LogP contribution in [-0.4, -0.2) is 45.9 Å². The summed E-state index contributed by atoms with van der Waals surface area (Å²) in [4.78, 5) is 26.0. The molecule has 4 heterocycles. The van der Waals surface area contributed by atoms with Gasteiger partial charge in [0.2, 0.25) is 0 Å². The molecule has 0 aliphatic carbocycles. The smallest absolute Gasteiger partial charge is 0.260 e. The zero-order chi connectivity index (χ0) is 19.6. The lowest BCUT2D eigenvalue weighted by Gasteiger charge is -2.34. The Bertz CT molecular complexity index is 1140. The first-order valence-electron chi connectivity index (χ1n) is 9.79. The molecule has 0 bridgehead atoms. The van der Waals surface area contributed by atoms with Crippen LogP contribution >= 0.6 is 11.3 Å². The first kappa shape index (κ1) is 18.3. The first-order chi connectivity index (χ1) is 14.3. The van der Waals surface area contributed by atoms with Crippen molar-refractivity contribution in [2.24, 2.45) is 0 Å². The molecule has 1 N–H and O–H groups in total. The standard InChI is InChI=1S/C22H22N4O2S/c27-21-20-17(18-7-4-12-28-18)15-29-22(20)24-19(23-21)14-26-10-8-25(9-11-26)13-16-5-2-1-3-6-16/h1-7,12,15H,8-11,13-14H2,(H,23,24,27). The third kappa shape index (κ3) is 3.89. The number of nitrogens with zero attached hydrogens (tertiary/aromatic N) is 3. The number of thiophene rings is 1. The van der Waals surface area contributed by atoms with Crippen LogP contribution in [0, 0.1) is 0 Å². The lowest BCUT2D eigenvalue weighted by molar-refractivity contribution is 0.120. The van der Waals surface area contributed by atoms with Crippen molar-refractivity contribution in [3.05, 3.63) is 75.8 Å². The van der Waals surface area contributed by atoms with Crippen LogP contribution in [0.1, 0.15) is 11.4 Å². The van der Waals surface area contributed by atoms with E-state index in [1.807, 2.05) is 17.5 Å². The summed E-state index contributed by atoms with van der Waals surface area (Å²) in [6, 6.07) is 14.3. The molecule has 0 radical (unpaired) electrons. The summed E-state index contributed by atoms with van der Waals surface area (Å²) in [5, 5.41) is 2.55. The van der Waals surface area contributed by atoms with Crippen LogP contribution < -0.4 is 5.56 Å². The fourth-order valence-electron chi connectivity index (χ4n) is 3.84.